The van der Waals surface area contributed by atoms with Crippen LogP contribution in [0, 0.1) is 6.92 Å². The molecule has 2 aromatic rings. The molecule has 1 aromatic heterocycles. The molecule has 1 N–H and O–H groups in total. The van der Waals surface area contributed by atoms with Crippen LogP contribution in [0.15, 0.2) is 28.0 Å². The standard InChI is InChI=1S/C21H27ClN4O2S/c1-14-16(22)8-6-9-17(14)23-19(27)13-29-20-15-7-4-5-10-18(15)26(21(28)24-20)12-11-25(2)3/h6,8-9H,4-5,7,10-13H2,1-3H3,(H,23,27). The molecular formula is C21H27ClN4O2S. The number of nitrogens with zero attached hydrogens (tertiary/aromatic N) is 3. The van der Waals surface area contributed by atoms with E-state index in [0.717, 1.165) is 49.0 Å². The van der Waals surface area contributed by atoms with Gasteiger partial charge in [0.2, 0.25) is 5.91 Å². The number of thioether (sulfide) groups is 1. The van der Waals surface area contributed by atoms with E-state index in [1.807, 2.05) is 37.7 Å². The lowest BCUT2D eigenvalue weighted by molar-refractivity contribution is -0.113. The van der Waals surface area contributed by atoms with Gasteiger partial charge in [0.15, 0.2) is 0 Å². The number of halogens is 1. The quantitative estimate of drug-likeness (QED) is 0.534. The van der Waals surface area contributed by atoms with E-state index in [1.54, 1.807) is 6.07 Å². The molecule has 6 nitrogen and oxygen atoms in total. The first kappa shape index (κ1) is 21.9. The third-order valence-corrected chi connectivity index (χ3v) is 6.53. The van der Waals surface area contributed by atoms with Crippen LogP contribution in [0.1, 0.15) is 29.7 Å². The maximum Gasteiger partial charge on any atom is 0.348 e. The van der Waals surface area contributed by atoms with E-state index in [1.165, 1.54) is 11.8 Å². The lowest BCUT2D eigenvalue weighted by Crippen LogP contribution is -2.33. The maximum absolute atomic E-state index is 12.6. The highest BCUT2D eigenvalue weighted by Crippen LogP contribution is 2.29. The zero-order valence-corrected chi connectivity index (χ0v) is 18.7. The SMILES string of the molecule is Cc1c(Cl)cccc1NC(=O)CSc1nc(=O)n(CCN(C)C)c2c1CCCC2. The van der Waals surface area contributed by atoms with E-state index in [2.05, 4.69) is 15.2 Å². The minimum atomic E-state index is -0.221. The molecule has 1 aromatic carbocycles. The number of aromatic nitrogens is 2. The molecule has 1 amide bonds. The number of carbonyl (C=O) groups is 1. The molecule has 29 heavy (non-hydrogen) atoms. The molecule has 156 valence electrons. The molecule has 0 spiro atoms. The van der Waals surface area contributed by atoms with Gasteiger partial charge in [-0.1, -0.05) is 29.4 Å². The van der Waals surface area contributed by atoms with Gasteiger partial charge in [-0.3, -0.25) is 9.36 Å². The van der Waals surface area contributed by atoms with Crippen molar-refractivity contribution in [1.29, 1.82) is 0 Å². The zero-order valence-electron chi connectivity index (χ0n) is 17.1. The fourth-order valence-electron chi connectivity index (χ4n) is 3.46. The van der Waals surface area contributed by atoms with Crippen molar-refractivity contribution < 1.29 is 4.79 Å². The number of benzene rings is 1. The summed E-state index contributed by atoms with van der Waals surface area (Å²) in [6.45, 7) is 3.30. The van der Waals surface area contributed by atoms with Crippen LogP contribution in [0.4, 0.5) is 5.69 Å². The number of amides is 1. The average molecular weight is 435 g/mol. The Labute approximate surface area is 180 Å². The average Bonchev–Trinajstić information content (AvgIpc) is 2.69. The van der Waals surface area contributed by atoms with E-state index < -0.39 is 0 Å². The number of fused-ring (bicyclic) bond motifs is 1. The molecule has 0 saturated carbocycles. The van der Waals surface area contributed by atoms with E-state index in [9.17, 15) is 9.59 Å². The van der Waals surface area contributed by atoms with Crippen molar-refractivity contribution in [3.05, 3.63) is 50.5 Å². The van der Waals surface area contributed by atoms with Crippen molar-refractivity contribution in [3.63, 3.8) is 0 Å². The Kier molecular flexibility index (Phi) is 7.38. The third-order valence-electron chi connectivity index (χ3n) is 5.10. The van der Waals surface area contributed by atoms with Gasteiger partial charge in [-0.2, -0.15) is 4.98 Å². The van der Waals surface area contributed by atoms with Crippen LogP contribution < -0.4 is 11.0 Å². The Bertz CT molecular complexity index is 958. The summed E-state index contributed by atoms with van der Waals surface area (Å²) in [5.74, 6) is 0.0653. The second-order valence-corrected chi connectivity index (χ2v) is 8.91. The summed E-state index contributed by atoms with van der Waals surface area (Å²) in [4.78, 5) is 31.5. The van der Waals surface area contributed by atoms with Crippen LogP contribution in [0.25, 0.3) is 0 Å². The number of nitrogens with one attached hydrogen (secondary N) is 1. The molecule has 0 atom stereocenters. The monoisotopic (exact) mass is 434 g/mol. The lowest BCUT2D eigenvalue weighted by Gasteiger charge is -2.23. The van der Waals surface area contributed by atoms with E-state index >= 15 is 0 Å². The molecular weight excluding hydrogens is 408 g/mol. The number of rotatable bonds is 7. The summed E-state index contributed by atoms with van der Waals surface area (Å²) in [6, 6.07) is 5.43. The van der Waals surface area contributed by atoms with Gasteiger partial charge in [0.05, 0.1) is 5.75 Å². The van der Waals surface area contributed by atoms with Crippen LogP contribution in [0.3, 0.4) is 0 Å². The van der Waals surface area contributed by atoms with Crippen LogP contribution in [-0.4, -0.2) is 46.8 Å². The predicted molar refractivity (Wildman–Crippen MR) is 119 cm³/mol. The minimum absolute atomic E-state index is 0.136. The van der Waals surface area contributed by atoms with Gasteiger partial charge in [-0.15, -0.1) is 0 Å². The first-order chi connectivity index (χ1) is 13.9. The number of hydrogen-bond acceptors (Lipinski definition) is 5. The largest absolute Gasteiger partial charge is 0.348 e. The van der Waals surface area contributed by atoms with Crippen LogP contribution in [0.5, 0.6) is 0 Å². The molecule has 0 aliphatic heterocycles. The van der Waals surface area contributed by atoms with Crippen LogP contribution >= 0.6 is 23.4 Å². The summed E-state index contributed by atoms with van der Waals surface area (Å²) in [5, 5.41) is 4.22. The molecule has 1 aliphatic carbocycles. The number of anilines is 1. The molecule has 0 saturated heterocycles. The summed E-state index contributed by atoms with van der Waals surface area (Å²) in [6.07, 6.45) is 3.96. The molecule has 0 radical (unpaired) electrons. The Balaban J connectivity index is 1.75. The van der Waals surface area contributed by atoms with Crippen LogP contribution in [-0.2, 0) is 24.2 Å². The summed E-state index contributed by atoms with van der Waals surface area (Å²) >= 11 is 7.46. The first-order valence-corrected chi connectivity index (χ1v) is 11.2. The fourth-order valence-corrected chi connectivity index (χ4v) is 4.51. The van der Waals surface area contributed by atoms with Gasteiger partial charge >= 0.3 is 5.69 Å². The summed E-state index contributed by atoms with van der Waals surface area (Å²) in [7, 11) is 3.99. The van der Waals surface area contributed by atoms with Crippen molar-refractivity contribution in [3.8, 4) is 0 Å². The molecule has 3 rings (SSSR count). The van der Waals surface area contributed by atoms with E-state index in [0.29, 0.717) is 22.3 Å². The van der Waals surface area contributed by atoms with Gasteiger partial charge < -0.3 is 10.2 Å². The molecule has 0 unspecified atom stereocenters. The van der Waals surface area contributed by atoms with Crippen molar-refractivity contribution in [2.24, 2.45) is 0 Å². The van der Waals surface area contributed by atoms with Gasteiger partial charge in [0, 0.05) is 35.1 Å². The van der Waals surface area contributed by atoms with Crippen molar-refractivity contribution >= 4 is 35.0 Å². The highest BCUT2D eigenvalue weighted by atomic mass is 35.5. The lowest BCUT2D eigenvalue weighted by atomic mass is 9.97. The molecule has 8 heteroatoms. The van der Waals surface area contributed by atoms with Gasteiger partial charge in [0.25, 0.3) is 0 Å². The normalized spacial score (nSPS) is 13.4. The minimum Gasteiger partial charge on any atom is -0.325 e. The van der Waals surface area contributed by atoms with Gasteiger partial charge in [-0.25, -0.2) is 4.79 Å². The highest BCUT2D eigenvalue weighted by molar-refractivity contribution is 8.00. The Morgan fingerprint density at radius 3 is 2.83 bits per heavy atom. The number of carbonyl (C=O) groups excluding carboxylic acids is 1. The van der Waals surface area contributed by atoms with Crippen molar-refractivity contribution in [2.75, 3.05) is 31.7 Å². The first-order valence-electron chi connectivity index (χ1n) is 9.82. The smallest absolute Gasteiger partial charge is 0.325 e. The zero-order chi connectivity index (χ0) is 21.0. The molecule has 0 fully saturated rings. The summed E-state index contributed by atoms with van der Waals surface area (Å²) in [5.41, 5.74) is 3.54. The molecule has 0 bridgehead atoms. The topological polar surface area (TPSA) is 67.2 Å². The number of hydrogen-bond donors (Lipinski definition) is 1. The van der Waals surface area contributed by atoms with E-state index in [4.69, 9.17) is 11.6 Å². The predicted octanol–water partition coefficient (Wildman–Crippen LogP) is 3.38. The fraction of sp³-hybridized carbons (Fsp3) is 0.476. The Hall–Kier alpha value is -1.83. The Morgan fingerprint density at radius 1 is 1.31 bits per heavy atom. The van der Waals surface area contributed by atoms with Crippen molar-refractivity contribution in [1.82, 2.24) is 14.5 Å². The number of likely N-dealkylation sites (N-methyl/N-ethyl adjacent to an activating group) is 1. The molecule has 1 heterocycles. The Morgan fingerprint density at radius 2 is 2.07 bits per heavy atom. The maximum atomic E-state index is 12.6. The summed E-state index contributed by atoms with van der Waals surface area (Å²) < 4.78 is 1.81. The van der Waals surface area contributed by atoms with Gasteiger partial charge in [-0.05, 0) is 64.4 Å². The van der Waals surface area contributed by atoms with E-state index in [-0.39, 0.29) is 17.3 Å². The van der Waals surface area contributed by atoms with Crippen molar-refractivity contribution in [2.45, 2.75) is 44.2 Å². The van der Waals surface area contributed by atoms with Crippen LogP contribution in [0.2, 0.25) is 5.02 Å². The van der Waals surface area contributed by atoms with Gasteiger partial charge in [0.1, 0.15) is 5.03 Å². The molecule has 1 aliphatic rings. The third kappa shape index (κ3) is 5.41. The second kappa shape index (κ2) is 9.78. The highest BCUT2D eigenvalue weighted by Gasteiger charge is 2.21. The second-order valence-electron chi connectivity index (χ2n) is 7.54.